The monoisotopic (exact) mass is 866 g/mol. The molecule has 330 valence electrons. The zero-order valence-electron chi connectivity index (χ0n) is 35.9. The maximum Gasteiger partial charge on any atom is 0.411 e. The van der Waals surface area contributed by atoms with Gasteiger partial charge in [0.1, 0.15) is 19.0 Å². The van der Waals surface area contributed by atoms with Crippen LogP contribution in [0.25, 0.3) is 0 Å². The molecule has 4 heterocycles. The number of rotatable bonds is 15. The molecule has 2 N–H and O–H groups in total. The maximum atomic E-state index is 14.0. The summed E-state index contributed by atoms with van der Waals surface area (Å²) in [6.45, 7) is 10.9. The van der Waals surface area contributed by atoms with E-state index in [2.05, 4.69) is 23.8 Å². The second-order valence-electron chi connectivity index (χ2n) is 15.9. The first-order valence-corrected chi connectivity index (χ1v) is 21.3. The molecule has 4 aromatic rings. The number of hydrogen-bond acceptors (Lipinski definition) is 11. The zero-order valence-corrected chi connectivity index (χ0v) is 35.9. The molecule has 0 saturated heterocycles. The molecule has 0 bridgehead atoms. The molecule has 15 heteroatoms. The number of unbranched alkanes of at least 4 members (excludes halogenated alkanes) is 2. The van der Waals surface area contributed by atoms with Gasteiger partial charge in [0.05, 0.1) is 54.9 Å². The van der Waals surface area contributed by atoms with Gasteiger partial charge < -0.3 is 33.5 Å². The van der Waals surface area contributed by atoms with Crippen molar-refractivity contribution in [2.24, 2.45) is 9.98 Å². The third kappa shape index (κ3) is 9.48. The predicted molar refractivity (Wildman–Crippen MR) is 243 cm³/mol. The summed E-state index contributed by atoms with van der Waals surface area (Å²) in [5, 5.41) is 5.46. The van der Waals surface area contributed by atoms with Crippen LogP contribution < -0.4 is 24.8 Å². The van der Waals surface area contributed by atoms with Crippen LogP contribution in [0.5, 0.6) is 17.2 Å². The predicted octanol–water partition coefficient (Wildman–Crippen LogP) is 8.67. The van der Waals surface area contributed by atoms with Crippen LogP contribution in [0, 0.1) is 6.92 Å². The Morgan fingerprint density at radius 1 is 0.672 bits per heavy atom. The summed E-state index contributed by atoms with van der Waals surface area (Å²) < 4.78 is 28.2. The smallest absolute Gasteiger partial charge is 0.411 e. The van der Waals surface area contributed by atoms with Gasteiger partial charge in [0.2, 0.25) is 0 Å². The standard InChI is InChI=1S/C49H50N6O9/c1-5-14-63-48(58)52-35-12-10-31-21-37-26-50-41-24-43(30(3)18-39(41)46(56)54(37)28-33(31)19-35)61-16-8-7-9-17-62-45-25-42-40(23-44(45)60-4)47(57)55-29-34-20-36(53-49(59)64-15-6-2)13-11-32(34)22-38(55)27-51-42/h5-6,10-13,18-20,23-27,37-38H,1-2,7-9,14-17,21-22,28-29H2,3-4H3,(H,52,58)(H,53,59)/t37-,38-/m0/s1. The summed E-state index contributed by atoms with van der Waals surface area (Å²) in [5.74, 6) is 1.34. The van der Waals surface area contributed by atoms with Crippen molar-refractivity contribution in [3.8, 4) is 17.2 Å². The van der Waals surface area contributed by atoms with Crippen molar-refractivity contribution in [1.29, 1.82) is 0 Å². The van der Waals surface area contributed by atoms with Crippen molar-refractivity contribution in [3.63, 3.8) is 0 Å². The molecule has 2 atom stereocenters. The molecular weight excluding hydrogens is 817 g/mol. The van der Waals surface area contributed by atoms with Crippen LogP contribution in [0.3, 0.4) is 0 Å². The van der Waals surface area contributed by atoms with Gasteiger partial charge in [0, 0.05) is 49.0 Å². The second-order valence-corrected chi connectivity index (χ2v) is 15.9. The van der Waals surface area contributed by atoms with E-state index in [4.69, 9.17) is 33.7 Å². The minimum Gasteiger partial charge on any atom is -0.493 e. The van der Waals surface area contributed by atoms with E-state index in [1.54, 1.807) is 24.1 Å². The van der Waals surface area contributed by atoms with Crippen LogP contribution in [-0.4, -0.2) is 91.9 Å². The number of nitrogens with one attached hydrogen (secondary N) is 2. The summed E-state index contributed by atoms with van der Waals surface area (Å²) in [7, 11) is 1.54. The fraction of sp³-hybridized carbons (Fsp3) is 0.306. The van der Waals surface area contributed by atoms with Gasteiger partial charge in [0.15, 0.2) is 11.5 Å². The highest BCUT2D eigenvalue weighted by molar-refractivity contribution is 6.04. The van der Waals surface area contributed by atoms with Gasteiger partial charge in [0.25, 0.3) is 11.8 Å². The normalized spacial score (nSPS) is 16.6. The molecule has 0 aromatic heterocycles. The Balaban J connectivity index is 0.830. The fourth-order valence-electron chi connectivity index (χ4n) is 8.26. The number of aliphatic imine (C=N–C) groups is 2. The van der Waals surface area contributed by atoms with Crippen molar-refractivity contribution in [2.45, 2.75) is 64.2 Å². The molecule has 4 aromatic carbocycles. The maximum absolute atomic E-state index is 14.0. The molecular formula is C49H50N6O9. The molecule has 8 rings (SSSR count). The van der Waals surface area contributed by atoms with E-state index in [1.165, 1.54) is 12.2 Å². The van der Waals surface area contributed by atoms with Gasteiger partial charge in [-0.3, -0.25) is 30.2 Å². The van der Waals surface area contributed by atoms with Crippen LogP contribution in [0.4, 0.5) is 32.3 Å². The number of fused-ring (bicyclic) bond motifs is 6. The first kappa shape index (κ1) is 43.2. The van der Waals surface area contributed by atoms with E-state index >= 15 is 0 Å². The van der Waals surface area contributed by atoms with Crippen LogP contribution in [0.1, 0.15) is 67.8 Å². The number of methoxy groups -OCH3 is 1. The Kier molecular flexibility index (Phi) is 13.1. The minimum atomic E-state index is -0.578. The van der Waals surface area contributed by atoms with E-state index in [9.17, 15) is 19.2 Å². The first-order valence-electron chi connectivity index (χ1n) is 21.3. The number of carbonyl (C=O) groups excluding carboxylic acids is 4. The van der Waals surface area contributed by atoms with Crippen LogP contribution in [0.15, 0.2) is 96.0 Å². The molecule has 4 aliphatic heterocycles. The molecule has 0 unspecified atom stereocenters. The molecule has 4 aliphatic rings. The lowest BCUT2D eigenvalue weighted by atomic mass is 9.93. The van der Waals surface area contributed by atoms with Gasteiger partial charge in [-0.2, -0.15) is 0 Å². The summed E-state index contributed by atoms with van der Waals surface area (Å²) in [4.78, 5) is 65.2. The number of carbonyl (C=O) groups is 4. The number of nitrogens with zero attached hydrogens (tertiary/aromatic N) is 4. The van der Waals surface area contributed by atoms with E-state index < -0.39 is 12.2 Å². The topological polar surface area (TPSA) is 170 Å². The fourth-order valence-corrected chi connectivity index (χ4v) is 8.26. The SMILES string of the molecule is C=CCOC(=O)Nc1ccc2c(c1)CN1C(=O)c3cc(C)c(OCCCCCOc4cc5c(cc4OC)C(=O)N4Cc6cc(NC(=O)OCC=C)ccc6C[C@H]4C=N5)cc3N=C[C@@H]1C2. The number of ether oxygens (including phenoxy) is 5. The van der Waals surface area contributed by atoms with Crippen LogP contribution in [-0.2, 0) is 35.4 Å². The van der Waals surface area contributed by atoms with Gasteiger partial charge in [-0.25, -0.2) is 9.59 Å². The summed E-state index contributed by atoms with van der Waals surface area (Å²) in [6, 6.07) is 18.0. The highest BCUT2D eigenvalue weighted by atomic mass is 16.6. The Bertz CT molecular complexity index is 2570. The van der Waals surface area contributed by atoms with E-state index in [1.807, 2.05) is 72.8 Å². The van der Waals surface area contributed by atoms with Gasteiger partial charge in [-0.15, -0.1) is 0 Å². The van der Waals surface area contributed by atoms with Crippen molar-refractivity contribution in [1.82, 2.24) is 9.80 Å². The second kappa shape index (κ2) is 19.3. The summed E-state index contributed by atoms with van der Waals surface area (Å²) in [5.41, 5.74) is 8.07. The third-order valence-electron chi connectivity index (χ3n) is 11.5. The molecule has 0 fully saturated rings. The molecule has 0 saturated carbocycles. The van der Waals surface area contributed by atoms with Gasteiger partial charge >= 0.3 is 12.2 Å². The number of hydrogen-bond donors (Lipinski definition) is 2. The minimum absolute atomic E-state index is 0.103. The van der Waals surface area contributed by atoms with Crippen LogP contribution >= 0.6 is 0 Å². The van der Waals surface area contributed by atoms with Crippen molar-refractivity contribution in [2.75, 3.05) is 44.2 Å². The van der Waals surface area contributed by atoms with Crippen LogP contribution in [0.2, 0.25) is 0 Å². The number of aryl methyl sites for hydroxylation is 1. The average Bonchev–Trinajstić information content (AvgIpc) is 3.51. The number of anilines is 2. The Morgan fingerprint density at radius 3 is 1.69 bits per heavy atom. The van der Waals surface area contributed by atoms with E-state index in [-0.39, 0.29) is 37.1 Å². The van der Waals surface area contributed by atoms with E-state index in [0.717, 1.165) is 47.1 Å². The Hall–Kier alpha value is -7.42. The molecule has 0 aliphatic carbocycles. The van der Waals surface area contributed by atoms with Crippen molar-refractivity contribution >= 4 is 59.2 Å². The lowest BCUT2D eigenvalue weighted by Crippen LogP contribution is -2.44. The first-order chi connectivity index (χ1) is 31.1. The van der Waals surface area contributed by atoms with Gasteiger partial charge in [-0.1, -0.05) is 37.4 Å². The summed E-state index contributed by atoms with van der Waals surface area (Å²) >= 11 is 0. The number of amides is 4. The molecule has 0 radical (unpaired) electrons. The van der Waals surface area contributed by atoms with Gasteiger partial charge in [-0.05, 0) is 103 Å². The highest BCUT2D eigenvalue weighted by Gasteiger charge is 2.35. The average molecular weight is 867 g/mol. The van der Waals surface area contributed by atoms with Crippen molar-refractivity contribution < 1.29 is 42.9 Å². The third-order valence-corrected chi connectivity index (χ3v) is 11.5. The van der Waals surface area contributed by atoms with E-state index in [0.29, 0.717) is 90.3 Å². The number of benzene rings is 4. The largest absolute Gasteiger partial charge is 0.493 e. The Morgan fingerprint density at radius 2 is 1.17 bits per heavy atom. The lowest BCUT2D eigenvalue weighted by molar-refractivity contribution is 0.0696. The molecule has 64 heavy (non-hydrogen) atoms. The molecule has 4 amide bonds. The molecule has 0 spiro atoms. The zero-order chi connectivity index (χ0) is 44.7. The summed E-state index contributed by atoms with van der Waals surface area (Å²) in [6.07, 6.45) is 9.04. The highest BCUT2D eigenvalue weighted by Crippen LogP contribution is 2.39. The van der Waals surface area contributed by atoms with Crippen molar-refractivity contribution in [3.05, 3.63) is 125 Å². The molecule has 15 nitrogen and oxygen atoms in total. The lowest BCUT2D eigenvalue weighted by Gasteiger charge is -2.34. The Labute approximate surface area is 371 Å². The quantitative estimate of drug-likeness (QED) is 0.0877.